The fourth-order valence-corrected chi connectivity index (χ4v) is 3.15. The van der Waals surface area contributed by atoms with Gasteiger partial charge in [-0.3, -0.25) is 14.9 Å². The molecule has 10 heteroatoms. The number of carbonyl (C=O) groups is 2. The maximum absolute atomic E-state index is 12.2. The van der Waals surface area contributed by atoms with Gasteiger partial charge in [-0.15, -0.1) is 24.5 Å². The largest absolute Gasteiger partial charge is 0.573 e. The van der Waals surface area contributed by atoms with Crippen LogP contribution in [0.4, 0.5) is 24.0 Å². The predicted molar refractivity (Wildman–Crippen MR) is 112 cm³/mol. The summed E-state index contributed by atoms with van der Waals surface area (Å²) in [5.74, 6) is -1.14. The molecule has 2 N–H and O–H groups in total. The van der Waals surface area contributed by atoms with Gasteiger partial charge in [0, 0.05) is 17.1 Å². The lowest BCUT2D eigenvalue weighted by molar-refractivity contribution is -0.274. The SMILES string of the molecule is O=C(/C=C/c1ccccc1)Nc1nc(CC(=O)Nc2ccc(OC(F)(F)F)cc2)cs1. The number of amides is 2. The van der Waals surface area contributed by atoms with Crippen molar-refractivity contribution in [2.45, 2.75) is 12.8 Å². The minimum atomic E-state index is -4.78. The topological polar surface area (TPSA) is 80.3 Å². The number of nitrogens with one attached hydrogen (secondary N) is 2. The van der Waals surface area contributed by atoms with E-state index < -0.39 is 12.3 Å². The number of anilines is 2. The molecule has 0 aliphatic heterocycles. The van der Waals surface area contributed by atoms with Gasteiger partial charge in [-0.25, -0.2) is 4.98 Å². The molecule has 1 heterocycles. The number of alkyl halides is 3. The van der Waals surface area contributed by atoms with Gasteiger partial charge >= 0.3 is 6.36 Å². The van der Waals surface area contributed by atoms with E-state index in [2.05, 4.69) is 20.4 Å². The summed E-state index contributed by atoms with van der Waals surface area (Å²) in [6, 6.07) is 14.1. The first-order chi connectivity index (χ1) is 14.8. The molecule has 1 aromatic heterocycles. The highest BCUT2D eigenvalue weighted by Crippen LogP contribution is 2.24. The van der Waals surface area contributed by atoms with E-state index >= 15 is 0 Å². The molecule has 0 unspecified atom stereocenters. The Morgan fingerprint density at radius 2 is 1.74 bits per heavy atom. The maximum atomic E-state index is 12.2. The lowest BCUT2D eigenvalue weighted by atomic mass is 10.2. The Morgan fingerprint density at radius 3 is 2.42 bits per heavy atom. The van der Waals surface area contributed by atoms with Gasteiger partial charge in [0.2, 0.25) is 11.8 Å². The van der Waals surface area contributed by atoms with Crippen LogP contribution in [-0.2, 0) is 16.0 Å². The number of nitrogens with zero attached hydrogens (tertiary/aromatic N) is 1. The molecule has 0 aliphatic carbocycles. The second kappa shape index (κ2) is 9.90. The first-order valence-electron chi connectivity index (χ1n) is 8.91. The fourth-order valence-electron chi connectivity index (χ4n) is 2.44. The summed E-state index contributed by atoms with van der Waals surface area (Å²) >= 11 is 1.18. The Morgan fingerprint density at radius 1 is 1.03 bits per heavy atom. The number of aromatic nitrogens is 1. The third-order valence-corrected chi connectivity index (χ3v) is 4.53. The third kappa shape index (κ3) is 7.59. The Balaban J connectivity index is 1.49. The van der Waals surface area contributed by atoms with Crippen LogP contribution < -0.4 is 15.4 Å². The lowest BCUT2D eigenvalue weighted by Gasteiger charge is -2.09. The van der Waals surface area contributed by atoms with Crippen molar-refractivity contribution in [2.75, 3.05) is 10.6 Å². The van der Waals surface area contributed by atoms with Crippen LogP contribution in [0.25, 0.3) is 6.08 Å². The van der Waals surface area contributed by atoms with Crippen LogP contribution in [0, 0.1) is 0 Å². The van der Waals surface area contributed by atoms with Crippen LogP contribution in [0.5, 0.6) is 5.75 Å². The molecule has 0 aliphatic rings. The number of hydrogen-bond donors (Lipinski definition) is 2. The molecule has 3 aromatic rings. The Bertz CT molecular complexity index is 1060. The molecule has 0 atom stereocenters. The van der Waals surface area contributed by atoms with E-state index in [0.29, 0.717) is 16.5 Å². The summed E-state index contributed by atoms with van der Waals surface area (Å²) in [7, 11) is 0. The number of hydrogen-bond acceptors (Lipinski definition) is 5. The molecule has 3 rings (SSSR count). The lowest BCUT2D eigenvalue weighted by Crippen LogP contribution is -2.17. The summed E-state index contributed by atoms with van der Waals surface area (Å²) < 4.78 is 40.3. The number of rotatable bonds is 7. The minimum Gasteiger partial charge on any atom is -0.406 e. The van der Waals surface area contributed by atoms with Gasteiger partial charge in [0.25, 0.3) is 0 Å². The van der Waals surface area contributed by atoms with Crippen LogP contribution >= 0.6 is 11.3 Å². The average Bonchev–Trinajstić information content (AvgIpc) is 3.14. The van der Waals surface area contributed by atoms with Gasteiger partial charge in [-0.05, 0) is 35.9 Å². The van der Waals surface area contributed by atoms with E-state index in [4.69, 9.17) is 0 Å². The summed E-state index contributed by atoms with van der Waals surface area (Å²) in [6.07, 6.45) is -1.79. The van der Waals surface area contributed by atoms with Crippen molar-refractivity contribution in [3.05, 3.63) is 77.3 Å². The molecule has 160 valence electrons. The van der Waals surface area contributed by atoms with Crippen LogP contribution in [-0.4, -0.2) is 23.2 Å². The van der Waals surface area contributed by atoms with Gasteiger partial charge < -0.3 is 10.1 Å². The molecule has 6 nitrogen and oxygen atoms in total. The third-order valence-electron chi connectivity index (χ3n) is 3.72. The van der Waals surface area contributed by atoms with Crippen molar-refractivity contribution >= 4 is 40.0 Å². The van der Waals surface area contributed by atoms with Crippen molar-refractivity contribution in [1.29, 1.82) is 0 Å². The predicted octanol–water partition coefficient (Wildman–Crippen LogP) is 4.87. The zero-order valence-electron chi connectivity index (χ0n) is 15.8. The maximum Gasteiger partial charge on any atom is 0.573 e. The van der Waals surface area contributed by atoms with E-state index in [0.717, 1.165) is 17.7 Å². The van der Waals surface area contributed by atoms with Crippen LogP contribution in [0.1, 0.15) is 11.3 Å². The summed E-state index contributed by atoms with van der Waals surface area (Å²) in [5.41, 5.74) is 1.64. The van der Waals surface area contributed by atoms with Crippen LogP contribution in [0.3, 0.4) is 0 Å². The quantitative estimate of drug-likeness (QED) is 0.506. The van der Waals surface area contributed by atoms with Crippen molar-refractivity contribution in [2.24, 2.45) is 0 Å². The van der Waals surface area contributed by atoms with Crippen molar-refractivity contribution in [3.63, 3.8) is 0 Å². The highest BCUT2D eigenvalue weighted by molar-refractivity contribution is 7.14. The van der Waals surface area contributed by atoms with E-state index in [1.54, 1.807) is 11.5 Å². The molecule has 2 amide bonds. The van der Waals surface area contributed by atoms with Gasteiger partial charge in [-0.2, -0.15) is 0 Å². The summed E-state index contributed by atoms with van der Waals surface area (Å²) in [6.45, 7) is 0. The Labute approximate surface area is 179 Å². The van der Waals surface area contributed by atoms with E-state index in [9.17, 15) is 22.8 Å². The molecule has 0 radical (unpaired) electrons. The van der Waals surface area contributed by atoms with E-state index in [-0.39, 0.29) is 18.1 Å². The second-order valence-corrected chi connectivity index (χ2v) is 7.03. The molecule has 0 saturated carbocycles. The van der Waals surface area contributed by atoms with E-state index in [1.807, 2.05) is 30.3 Å². The average molecular weight is 447 g/mol. The van der Waals surface area contributed by atoms with Crippen LogP contribution in [0.15, 0.2) is 66.1 Å². The normalized spacial score (nSPS) is 11.3. The van der Waals surface area contributed by atoms with Crippen molar-refractivity contribution in [3.8, 4) is 5.75 Å². The Hall–Kier alpha value is -3.66. The van der Waals surface area contributed by atoms with Crippen molar-refractivity contribution in [1.82, 2.24) is 4.98 Å². The molecular weight excluding hydrogens is 431 g/mol. The smallest absolute Gasteiger partial charge is 0.406 e. The van der Waals surface area contributed by atoms with Gasteiger partial charge in [0.1, 0.15) is 5.75 Å². The number of ether oxygens (including phenoxy) is 1. The van der Waals surface area contributed by atoms with E-state index in [1.165, 1.54) is 29.5 Å². The van der Waals surface area contributed by atoms with Crippen molar-refractivity contribution < 1.29 is 27.5 Å². The zero-order chi connectivity index (χ0) is 22.3. The molecule has 0 spiro atoms. The highest BCUT2D eigenvalue weighted by atomic mass is 32.1. The number of thiazole rings is 1. The summed E-state index contributed by atoms with van der Waals surface area (Å²) in [4.78, 5) is 28.3. The highest BCUT2D eigenvalue weighted by Gasteiger charge is 2.30. The first kappa shape index (κ1) is 22.0. The molecule has 0 saturated heterocycles. The Kier molecular flexibility index (Phi) is 7.03. The number of halogens is 3. The van der Waals surface area contributed by atoms with Gasteiger partial charge in [-0.1, -0.05) is 30.3 Å². The molecule has 0 bridgehead atoms. The molecular formula is C21H16F3N3O3S. The molecule has 2 aromatic carbocycles. The summed E-state index contributed by atoms with van der Waals surface area (Å²) in [5, 5.41) is 7.17. The monoisotopic (exact) mass is 447 g/mol. The fraction of sp³-hybridized carbons (Fsp3) is 0.0952. The number of benzene rings is 2. The van der Waals surface area contributed by atoms with Gasteiger partial charge in [0.15, 0.2) is 5.13 Å². The second-order valence-electron chi connectivity index (χ2n) is 6.17. The first-order valence-corrected chi connectivity index (χ1v) is 9.79. The minimum absolute atomic E-state index is 0.0625. The molecule has 0 fully saturated rings. The number of carbonyl (C=O) groups excluding carboxylic acids is 2. The molecule has 31 heavy (non-hydrogen) atoms. The van der Waals surface area contributed by atoms with Crippen LogP contribution in [0.2, 0.25) is 0 Å². The standard InChI is InChI=1S/C21H16F3N3O3S/c22-21(23,24)30-17-9-7-15(8-10-17)25-19(29)12-16-13-31-20(26-16)27-18(28)11-6-14-4-2-1-3-5-14/h1-11,13H,12H2,(H,25,29)(H,26,27,28)/b11-6+. The van der Waals surface area contributed by atoms with Gasteiger partial charge in [0.05, 0.1) is 12.1 Å². The zero-order valence-corrected chi connectivity index (χ0v) is 16.7.